The molecule has 2 fully saturated rings. The molecule has 3 N–H and O–H groups in total. The maximum atomic E-state index is 12.9. The van der Waals surface area contributed by atoms with Crippen LogP contribution in [0, 0.1) is 11.3 Å². The van der Waals surface area contributed by atoms with Gasteiger partial charge in [-0.2, -0.15) is 5.26 Å². The number of phenolic OH excluding ortho intramolecular Hbond substituents is 2. The van der Waals surface area contributed by atoms with Crippen molar-refractivity contribution in [3.8, 4) is 40.4 Å². The van der Waals surface area contributed by atoms with E-state index in [-0.39, 0.29) is 46.2 Å². The lowest BCUT2D eigenvalue weighted by atomic mass is 9.98. The molecule has 10 nitrogen and oxygen atoms in total. The normalized spacial score (nSPS) is 17.7. The lowest BCUT2D eigenvalue weighted by Crippen LogP contribution is -2.50. The van der Waals surface area contributed by atoms with E-state index in [1.54, 1.807) is 24.3 Å². The lowest BCUT2D eigenvalue weighted by molar-refractivity contribution is 0.0801. The molecule has 1 amide bonds. The van der Waals surface area contributed by atoms with E-state index in [2.05, 4.69) is 27.3 Å². The number of nitrogens with one attached hydrogen (secondary N) is 1. The number of piperidine rings is 2. The van der Waals surface area contributed by atoms with Crippen molar-refractivity contribution < 1.29 is 24.3 Å². The van der Waals surface area contributed by atoms with Crippen LogP contribution in [-0.2, 0) is 0 Å². The highest BCUT2D eigenvalue weighted by atomic mass is 16.5. The van der Waals surface area contributed by atoms with Crippen LogP contribution < -0.4 is 10.1 Å². The first-order chi connectivity index (χ1) is 18.4. The number of hydrogen-bond donors (Lipinski definition) is 3. The van der Waals surface area contributed by atoms with Crippen LogP contribution in [0.4, 0.5) is 0 Å². The molecule has 2 aliphatic rings. The van der Waals surface area contributed by atoms with Crippen LogP contribution in [0.15, 0.2) is 47.0 Å². The second-order valence-electron chi connectivity index (χ2n) is 9.97. The highest BCUT2D eigenvalue weighted by molar-refractivity contribution is 5.93. The average Bonchev–Trinajstić information content (AvgIpc) is 3.40. The molecule has 2 aliphatic heterocycles. The van der Waals surface area contributed by atoms with Crippen molar-refractivity contribution in [2.45, 2.75) is 37.8 Å². The van der Waals surface area contributed by atoms with Gasteiger partial charge in [0.15, 0.2) is 11.5 Å². The molecule has 2 saturated heterocycles. The van der Waals surface area contributed by atoms with E-state index in [4.69, 9.17) is 14.5 Å². The minimum absolute atomic E-state index is 0.0579. The van der Waals surface area contributed by atoms with Crippen molar-refractivity contribution in [3.05, 3.63) is 53.7 Å². The van der Waals surface area contributed by atoms with Crippen LogP contribution in [0.1, 0.15) is 41.7 Å². The molecular weight excluding hydrogens is 486 g/mol. The van der Waals surface area contributed by atoms with Gasteiger partial charge in [0.2, 0.25) is 0 Å². The number of carbonyl (C=O) groups excluding carboxylic acids is 1. The second kappa shape index (κ2) is 11.1. The minimum Gasteiger partial charge on any atom is -0.508 e. The molecule has 0 aliphatic carbocycles. The first-order valence-electron chi connectivity index (χ1n) is 12.8. The maximum absolute atomic E-state index is 12.9. The van der Waals surface area contributed by atoms with E-state index in [1.165, 1.54) is 25.0 Å². The summed E-state index contributed by atoms with van der Waals surface area (Å²) in [6.07, 6.45) is 4.14. The predicted molar refractivity (Wildman–Crippen MR) is 139 cm³/mol. The summed E-state index contributed by atoms with van der Waals surface area (Å²) in [5.74, 6) is -0.230. The van der Waals surface area contributed by atoms with E-state index < -0.39 is 0 Å². The Balaban J connectivity index is 1.25. The molecule has 0 radical (unpaired) electrons. The summed E-state index contributed by atoms with van der Waals surface area (Å²) in [5.41, 5.74) is 0.703. The largest absolute Gasteiger partial charge is 0.508 e. The molecule has 0 atom stereocenters. The predicted octanol–water partition coefficient (Wildman–Crippen LogP) is 3.71. The third-order valence-electron chi connectivity index (χ3n) is 7.34. The van der Waals surface area contributed by atoms with Crippen molar-refractivity contribution in [2.24, 2.45) is 0 Å². The fourth-order valence-corrected chi connectivity index (χ4v) is 5.17. The van der Waals surface area contributed by atoms with Gasteiger partial charge >= 0.3 is 0 Å². The van der Waals surface area contributed by atoms with Gasteiger partial charge in [-0.3, -0.25) is 4.79 Å². The Morgan fingerprint density at radius 3 is 2.47 bits per heavy atom. The molecule has 198 valence electrons. The number of likely N-dealkylation sites (tertiary alicyclic amines) is 2. The topological polar surface area (TPSA) is 135 Å². The number of carbonyl (C=O) groups is 1. The molecule has 10 heteroatoms. The van der Waals surface area contributed by atoms with Crippen LogP contribution >= 0.6 is 0 Å². The third kappa shape index (κ3) is 5.74. The fraction of sp³-hybridized carbons (Fsp3) is 0.393. The van der Waals surface area contributed by atoms with Gasteiger partial charge in [-0.1, -0.05) is 5.16 Å². The molecule has 1 aromatic heterocycles. The number of rotatable bonds is 6. The molecule has 0 bridgehead atoms. The molecule has 0 unspecified atom stereocenters. The molecule has 3 heterocycles. The highest BCUT2D eigenvalue weighted by Gasteiger charge is 2.29. The number of aromatic nitrogens is 1. The van der Waals surface area contributed by atoms with Crippen molar-refractivity contribution in [2.75, 3.05) is 33.2 Å². The number of benzene rings is 2. The molecule has 2 aromatic carbocycles. The number of ether oxygens (including phenoxy) is 1. The number of aromatic hydroxyl groups is 2. The minimum atomic E-state index is -0.342. The smallest absolute Gasteiger partial charge is 0.273 e. The summed E-state index contributed by atoms with van der Waals surface area (Å²) in [6.45, 7) is 4.18. The number of hydrogen-bond acceptors (Lipinski definition) is 9. The SMILES string of the molecule is CN1CCC(N2CCC(NC(=O)c3cc(-c4c(O)cc(O)cc4Oc4ccc(C#N)cc4)on3)CC2)CC1. The van der Waals surface area contributed by atoms with Crippen LogP contribution in [0.2, 0.25) is 0 Å². The van der Waals surface area contributed by atoms with Crippen molar-refractivity contribution in [3.63, 3.8) is 0 Å². The summed E-state index contributed by atoms with van der Waals surface area (Å²) in [5, 5.41) is 36.6. The Labute approximate surface area is 221 Å². The summed E-state index contributed by atoms with van der Waals surface area (Å²) in [6, 6.07) is 13.0. The number of nitrogens with zero attached hydrogens (tertiary/aromatic N) is 4. The Hall–Kier alpha value is -4.07. The third-order valence-corrected chi connectivity index (χ3v) is 7.34. The van der Waals surface area contributed by atoms with Gasteiger partial charge in [0.05, 0.1) is 11.6 Å². The molecular formula is C28H31N5O5. The van der Waals surface area contributed by atoms with E-state index in [1.807, 2.05) is 6.07 Å². The highest BCUT2D eigenvalue weighted by Crippen LogP contribution is 2.43. The first kappa shape index (κ1) is 25.6. The van der Waals surface area contributed by atoms with Gasteiger partial charge in [-0.25, -0.2) is 0 Å². The summed E-state index contributed by atoms with van der Waals surface area (Å²) < 4.78 is 11.3. The number of phenols is 2. The van der Waals surface area contributed by atoms with Crippen molar-refractivity contribution in [1.82, 2.24) is 20.3 Å². The zero-order chi connectivity index (χ0) is 26.6. The zero-order valence-electron chi connectivity index (χ0n) is 21.3. The van der Waals surface area contributed by atoms with Crippen LogP contribution in [0.25, 0.3) is 11.3 Å². The van der Waals surface area contributed by atoms with E-state index in [0.29, 0.717) is 17.4 Å². The van der Waals surface area contributed by atoms with Gasteiger partial charge in [-0.15, -0.1) is 0 Å². The monoisotopic (exact) mass is 517 g/mol. The van der Waals surface area contributed by atoms with Gasteiger partial charge in [-0.05, 0) is 70.1 Å². The van der Waals surface area contributed by atoms with Gasteiger partial charge in [0.1, 0.15) is 28.6 Å². The van der Waals surface area contributed by atoms with Crippen LogP contribution in [0.3, 0.4) is 0 Å². The number of nitriles is 1. The van der Waals surface area contributed by atoms with E-state index in [9.17, 15) is 15.0 Å². The molecule has 5 rings (SSSR count). The summed E-state index contributed by atoms with van der Waals surface area (Å²) in [7, 11) is 2.17. The Morgan fingerprint density at radius 1 is 1.08 bits per heavy atom. The average molecular weight is 518 g/mol. The lowest BCUT2D eigenvalue weighted by Gasteiger charge is -2.41. The number of amides is 1. The Kier molecular flexibility index (Phi) is 7.49. The molecule has 38 heavy (non-hydrogen) atoms. The Morgan fingerprint density at radius 2 is 1.79 bits per heavy atom. The van der Waals surface area contributed by atoms with Crippen LogP contribution in [0.5, 0.6) is 23.0 Å². The second-order valence-corrected chi connectivity index (χ2v) is 9.97. The van der Waals surface area contributed by atoms with Crippen LogP contribution in [-0.4, -0.2) is 76.4 Å². The van der Waals surface area contributed by atoms with Gasteiger partial charge < -0.3 is 34.6 Å². The first-order valence-corrected chi connectivity index (χ1v) is 12.8. The van der Waals surface area contributed by atoms with Crippen molar-refractivity contribution in [1.29, 1.82) is 5.26 Å². The van der Waals surface area contributed by atoms with Crippen molar-refractivity contribution >= 4 is 5.91 Å². The summed E-state index contributed by atoms with van der Waals surface area (Å²) in [4.78, 5) is 17.9. The van der Waals surface area contributed by atoms with E-state index in [0.717, 1.165) is 45.1 Å². The molecule has 0 saturated carbocycles. The Bertz CT molecular complexity index is 1320. The molecule has 3 aromatic rings. The quantitative estimate of drug-likeness (QED) is 0.447. The standard InChI is InChI=1S/C28H31N5O5/c1-32-10-8-20(9-11-32)33-12-6-19(7-13-33)30-28(36)23-16-26(38-31-23)27-24(35)14-21(34)15-25(27)37-22-4-2-18(17-29)3-5-22/h2-5,14-16,19-20,34-35H,6-13H2,1H3,(H,30,36). The fourth-order valence-electron chi connectivity index (χ4n) is 5.17. The van der Waals surface area contributed by atoms with Gasteiger partial charge in [0, 0.05) is 43.4 Å². The molecule has 0 spiro atoms. The van der Waals surface area contributed by atoms with E-state index >= 15 is 0 Å². The zero-order valence-corrected chi connectivity index (χ0v) is 21.3. The summed E-state index contributed by atoms with van der Waals surface area (Å²) >= 11 is 0. The maximum Gasteiger partial charge on any atom is 0.273 e. The van der Waals surface area contributed by atoms with Gasteiger partial charge in [0.25, 0.3) is 5.91 Å².